The van der Waals surface area contributed by atoms with Gasteiger partial charge in [-0.3, -0.25) is 0 Å². The molecule has 105 heavy (non-hydrogen) atoms. The third kappa shape index (κ3) is 25.2. The average Bonchev–Trinajstić information content (AvgIpc) is 0.797. The van der Waals surface area contributed by atoms with Crippen molar-refractivity contribution in [1.29, 1.82) is 0 Å². The Morgan fingerprint density at radius 3 is 0.752 bits per heavy atom. The van der Waals surface area contributed by atoms with Crippen molar-refractivity contribution >= 4 is 64.4 Å². The molecule has 0 bridgehead atoms. The summed E-state index contributed by atoms with van der Waals surface area (Å²) in [4.78, 5) is 0. The molecule has 5 aliphatic carbocycles. The summed E-state index contributed by atoms with van der Waals surface area (Å²) in [5.74, 6) is 2.72. The molecule has 10 aromatic rings. The number of halogens is 5. The van der Waals surface area contributed by atoms with Gasteiger partial charge in [-0.25, -0.2) is 0 Å². The molecule has 0 heterocycles. The summed E-state index contributed by atoms with van der Waals surface area (Å²) >= 11 is 19.1. The Hall–Kier alpha value is -6.65. The van der Waals surface area contributed by atoms with E-state index < -0.39 is 0 Å². The van der Waals surface area contributed by atoms with Crippen LogP contribution >= 0.6 is 58.8 Å². The van der Waals surface area contributed by atoms with E-state index in [-0.39, 0.29) is 88.0 Å². The number of aromatic hydroxyl groups is 3. The maximum Gasteiger partial charge on any atom is 1.00 e. The van der Waals surface area contributed by atoms with Crippen LogP contribution in [-0.4, -0.2) is 38.3 Å². The van der Waals surface area contributed by atoms with E-state index in [0.29, 0.717) is 17.2 Å². The van der Waals surface area contributed by atoms with Gasteiger partial charge in [-0.1, -0.05) is 302 Å². The van der Waals surface area contributed by atoms with Crippen LogP contribution in [0.25, 0.3) is 5.57 Å². The summed E-state index contributed by atoms with van der Waals surface area (Å²) in [6.45, 7) is 0.201. The summed E-state index contributed by atoms with van der Waals surface area (Å²) < 4.78 is 12.0. The predicted molar refractivity (Wildman–Crippen MR) is 442 cm³/mol. The van der Waals surface area contributed by atoms with E-state index >= 15 is 0 Å². The Morgan fingerprint density at radius 1 is 0.286 bits per heavy atom. The van der Waals surface area contributed by atoms with Crippen LogP contribution in [0.2, 0.25) is 0 Å². The average molecular weight is 1520 g/mol. The largest absolute Gasteiger partial charge is 1.00 e. The van der Waals surface area contributed by atoms with Gasteiger partial charge in [0.1, 0.15) is 28.7 Å². The maximum absolute atomic E-state index is 9.51. The van der Waals surface area contributed by atoms with Crippen molar-refractivity contribution < 1.29 is 61.3 Å². The molecule has 10 aromatic carbocycles. The minimum Gasteiger partial charge on any atom is -0.870 e. The van der Waals surface area contributed by atoms with Crippen LogP contribution in [0.1, 0.15) is 206 Å². The number of rotatable bonds is 13. The second-order valence-electron chi connectivity index (χ2n) is 27.5. The fourth-order valence-electron chi connectivity index (χ4n) is 16.3. The van der Waals surface area contributed by atoms with Gasteiger partial charge in [0.25, 0.3) is 0 Å². The first kappa shape index (κ1) is 87.3. The molecule has 0 aliphatic heterocycles. The summed E-state index contributed by atoms with van der Waals surface area (Å²) in [6.07, 6.45) is 33.0. The molecule has 4 fully saturated rings. The number of phenols is 3. The van der Waals surface area contributed by atoms with E-state index in [1.54, 1.807) is 29.8 Å². The second-order valence-corrected chi connectivity index (χ2v) is 29.1. The van der Waals surface area contributed by atoms with Crippen LogP contribution in [0.4, 0.5) is 0 Å². The molecule has 12 heteroatoms. The van der Waals surface area contributed by atoms with Crippen LogP contribution in [-0.2, 0) is 21.7 Å². The third-order valence-corrected chi connectivity index (χ3v) is 21.4. The van der Waals surface area contributed by atoms with E-state index in [2.05, 4.69) is 231 Å². The summed E-state index contributed by atoms with van der Waals surface area (Å²) in [6, 6.07) is 96.3. The number of ether oxygens (including phenoxy) is 2. The number of phenolic OH excluding ortho intramolecular Hbond substituents is 3. The predicted octanol–water partition coefficient (Wildman–Crippen LogP) is 24.3. The van der Waals surface area contributed by atoms with Crippen molar-refractivity contribution in [2.45, 2.75) is 176 Å². The van der Waals surface area contributed by atoms with Gasteiger partial charge in [0.05, 0.1) is 10.7 Å². The number of para-hydroxylation sites is 1. The second kappa shape index (κ2) is 47.2. The van der Waals surface area contributed by atoms with Crippen molar-refractivity contribution in [2.75, 3.05) is 17.5 Å². The van der Waals surface area contributed by atoms with Crippen molar-refractivity contribution in [1.82, 2.24) is 0 Å². The van der Waals surface area contributed by atoms with Gasteiger partial charge >= 0.3 is 29.6 Å². The number of hydrogen-bond acceptors (Lipinski definition) is 6. The van der Waals surface area contributed by atoms with E-state index in [0.717, 1.165) is 11.5 Å². The first-order valence-corrected chi connectivity index (χ1v) is 39.2. The molecule has 0 aromatic heterocycles. The molecule has 0 amide bonds. The quantitative estimate of drug-likeness (QED) is 0.0603. The summed E-state index contributed by atoms with van der Waals surface area (Å²) in [5.41, 5.74) is 14.7. The maximum atomic E-state index is 9.51. The Bertz CT molecular complexity index is 3710. The van der Waals surface area contributed by atoms with Crippen LogP contribution in [0.15, 0.2) is 285 Å². The molecule has 552 valence electrons. The first-order valence-electron chi connectivity index (χ1n) is 37.1. The molecule has 0 spiro atoms. The topological polar surface area (TPSA) is 109 Å². The van der Waals surface area contributed by atoms with E-state index in [4.69, 9.17) is 61.0 Å². The fourth-order valence-corrected chi connectivity index (χ4v) is 16.3. The molecule has 4 saturated carbocycles. The Kier molecular flexibility index (Phi) is 39.2. The van der Waals surface area contributed by atoms with Gasteiger partial charge in [0.15, 0.2) is 0 Å². The summed E-state index contributed by atoms with van der Waals surface area (Å²) in [7, 11) is 0. The molecule has 4 N–H and O–H groups in total. The van der Waals surface area contributed by atoms with E-state index in [1.165, 1.54) is 204 Å². The molecular formula is C93H108Cl5NaO6. The van der Waals surface area contributed by atoms with Gasteiger partial charge in [0, 0.05) is 23.1 Å². The molecule has 0 saturated heterocycles. The van der Waals surface area contributed by atoms with Crippen molar-refractivity contribution in [2.24, 2.45) is 0 Å². The zero-order chi connectivity index (χ0) is 71.4. The number of alkyl halides is 4. The van der Waals surface area contributed by atoms with Crippen LogP contribution in [0.5, 0.6) is 28.7 Å². The van der Waals surface area contributed by atoms with Gasteiger partial charge < -0.3 is 30.3 Å². The van der Waals surface area contributed by atoms with Gasteiger partial charge in [0.2, 0.25) is 6.79 Å². The van der Waals surface area contributed by atoms with Gasteiger partial charge in [-0.05, 0) is 193 Å². The molecular weight excluding hydrogens is 1410 g/mol. The minimum atomic E-state index is 0. The van der Waals surface area contributed by atoms with Gasteiger partial charge in [-0.2, -0.15) is 0 Å². The monoisotopic (exact) mass is 1520 g/mol. The molecule has 6 nitrogen and oxygen atoms in total. The zero-order valence-corrected chi connectivity index (χ0v) is 67.1. The van der Waals surface area contributed by atoms with Crippen molar-refractivity contribution in [3.8, 4) is 28.7 Å². The number of benzene rings is 10. The SMILES string of the molecule is C1=C(c2ccccc2)CCCC1.Cl.ClCCl.ClCCl.Oc1ccc(C2(c3ccccc3)CCCCC2)cc1.Oc1ccc(C2(c3ccccc3)CCCCC2)cc1.Oc1ccccc1.[2HH].[Na+].[OH-].c1ccc(C2(c3ccc(OCOc4ccc(C5(c6ccccc6)CCCCC5)cc4)cc3)CCCCC2)cc1. The smallest absolute Gasteiger partial charge is 0.870 e. The Balaban J connectivity index is 0.000000254. The number of hydrogen-bond donors (Lipinski definition) is 3. The van der Waals surface area contributed by atoms with E-state index in [1.807, 2.05) is 30.3 Å². The fraction of sp³-hybridized carbons (Fsp3) is 0.333. The van der Waals surface area contributed by atoms with Crippen LogP contribution < -0.4 is 39.0 Å². The Morgan fingerprint density at radius 2 is 0.514 bits per heavy atom. The summed E-state index contributed by atoms with van der Waals surface area (Å²) in [5, 5.41) is 28.0. The third-order valence-electron chi connectivity index (χ3n) is 21.4. The van der Waals surface area contributed by atoms with Crippen molar-refractivity contribution in [3.63, 3.8) is 0 Å². The Labute approximate surface area is 677 Å². The molecule has 0 atom stereocenters. The van der Waals surface area contributed by atoms with E-state index in [9.17, 15) is 10.2 Å². The van der Waals surface area contributed by atoms with Crippen molar-refractivity contribution in [3.05, 3.63) is 335 Å². The molecule has 0 unspecified atom stereocenters. The van der Waals surface area contributed by atoms with Crippen LogP contribution in [0.3, 0.4) is 0 Å². The molecule has 0 radical (unpaired) electrons. The normalized spacial score (nSPS) is 16.2. The molecule has 15 rings (SSSR count). The first-order chi connectivity index (χ1) is 50.1. The standard InChI is InChI=1S/C37H40O2.2C18H20O.C12H14.C6H6O.2CH2Cl2.ClH.Na.H2O.H2/c1-5-13-30(14-6-1)36(25-9-3-10-26-36)32-17-21-34(22-18-32)38-29-39-35-23-19-33(20-24-35)37(27-11-4-12-28-37)31-15-7-2-8-16-31;2*19-17-11-9-16(10-12-17)18(13-5-2-6-14-18)15-7-3-1-4-8-15;1-3-7-11(8-4-1)12-9-5-2-6-10-12;7-6-4-2-1-3-5-6;2*2-1-3;;;;/h1-2,5-8,13-24H,3-4,9-12,25-29H2;2*1,3-4,7-12,19H,2,5-6,13-14H2;1,3-4,7-9H,2,5-6,10H2;1-5,7H;2*1H2;1H;;1H2;1H/q;;;;;;;;+1;;/p-1/i;;;;;;;;;;1+1. The van der Waals surface area contributed by atoms with Crippen LogP contribution in [0, 0.1) is 0 Å². The van der Waals surface area contributed by atoms with Gasteiger partial charge in [-0.15, -0.1) is 58.8 Å². The molecule has 5 aliphatic rings. The minimum absolute atomic E-state index is 0. The number of allylic oxidation sites excluding steroid dienone is 2. The zero-order valence-electron chi connectivity index (χ0n) is 61.3.